The monoisotopic (exact) mass is 390 g/mol. The number of hydrogen-bond donors (Lipinski definition) is 0. The van der Waals surface area contributed by atoms with Crippen LogP contribution in [0.3, 0.4) is 0 Å². The highest BCUT2D eigenvalue weighted by molar-refractivity contribution is 6.04. The van der Waals surface area contributed by atoms with E-state index in [1.165, 1.54) is 31.2 Å². The molecule has 0 bridgehead atoms. The minimum Gasteiger partial charge on any atom is -0.497 e. The number of ketones is 1. The summed E-state index contributed by atoms with van der Waals surface area (Å²) in [5.74, 6) is 0.551. The molecule has 0 aliphatic heterocycles. The summed E-state index contributed by atoms with van der Waals surface area (Å²) in [7, 11) is 1.54. The maximum absolute atomic E-state index is 12.3. The maximum atomic E-state index is 12.3. The topological polar surface area (TPSA) is 44.8 Å². The minimum atomic E-state index is -4.74. The van der Waals surface area contributed by atoms with Crippen LogP contribution < -0.4 is 14.2 Å². The first-order chi connectivity index (χ1) is 13.3. The standard InChI is InChI=1S/C21H17F3O4/c1-13(25)18-10-6-15-5-9-17(26-2)11-19(15)20(18)27-12-14-3-7-16(8-4-14)28-21(22,23)24/h3-11H,12H2,1-2H3. The van der Waals surface area contributed by atoms with Gasteiger partial charge in [0.15, 0.2) is 5.78 Å². The van der Waals surface area contributed by atoms with E-state index in [0.29, 0.717) is 28.0 Å². The molecule has 4 nitrogen and oxygen atoms in total. The zero-order valence-corrected chi connectivity index (χ0v) is 15.2. The highest BCUT2D eigenvalue weighted by Gasteiger charge is 2.30. The van der Waals surface area contributed by atoms with E-state index in [0.717, 1.165) is 5.39 Å². The van der Waals surface area contributed by atoms with E-state index in [4.69, 9.17) is 9.47 Å². The summed E-state index contributed by atoms with van der Waals surface area (Å²) in [5, 5.41) is 1.58. The normalized spacial score (nSPS) is 11.3. The molecule has 3 aromatic carbocycles. The molecule has 0 radical (unpaired) electrons. The van der Waals surface area contributed by atoms with Crippen molar-refractivity contribution < 1.29 is 32.2 Å². The van der Waals surface area contributed by atoms with Gasteiger partial charge in [0.25, 0.3) is 0 Å². The highest BCUT2D eigenvalue weighted by Crippen LogP contribution is 2.34. The van der Waals surface area contributed by atoms with E-state index in [1.807, 2.05) is 12.1 Å². The fourth-order valence-corrected chi connectivity index (χ4v) is 2.77. The molecule has 0 saturated heterocycles. The van der Waals surface area contributed by atoms with Crippen LogP contribution in [0.1, 0.15) is 22.8 Å². The summed E-state index contributed by atoms with van der Waals surface area (Å²) in [6.07, 6.45) is -4.74. The molecule has 146 valence electrons. The molecule has 0 saturated carbocycles. The van der Waals surface area contributed by atoms with Crippen LogP contribution in [0.15, 0.2) is 54.6 Å². The van der Waals surface area contributed by atoms with E-state index in [1.54, 1.807) is 25.3 Å². The number of methoxy groups -OCH3 is 1. The number of ether oxygens (including phenoxy) is 3. The van der Waals surface area contributed by atoms with E-state index in [9.17, 15) is 18.0 Å². The third-order valence-electron chi connectivity index (χ3n) is 4.10. The summed E-state index contributed by atoms with van der Waals surface area (Å²) in [5.41, 5.74) is 1.04. The summed E-state index contributed by atoms with van der Waals surface area (Å²) >= 11 is 0. The molecule has 3 aromatic rings. The summed E-state index contributed by atoms with van der Waals surface area (Å²) in [6.45, 7) is 1.51. The SMILES string of the molecule is COc1ccc2ccc(C(C)=O)c(OCc3ccc(OC(F)(F)F)cc3)c2c1. The average molecular weight is 390 g/mol. The lowest BCUT2D eigenvalue weighted by Gasteiger charge is -2.14. The lowest BCUT2D eigenvalue weighted by Crippen LogP contribution is -2.17. The third-order valence-corrected chi connectivity index (χ3v) is 4.10. The largest absolute Gasteiger partial charge is 0.573 e. The van der Waals surface area contributed by atoms with Crippen molar-refractivity contribution in [3.8, 4) is 17.2 Å². The minimum absolute atomic E-state index is 0.0723. The van der Waals surface area contributed by atoms with Gasteiger partial charge >= 0.3 is 6.36 Å². The third kappa shape index (κ3) is 4.54. The van der Waals surface area contributed by atoms with E-state index < -0.39 is 6.36 Å². The Morgan fingerprint density at radius 1 is 0.964 bits per heavy atom. The van der Waals surface area contributed by atoms with Gasteiger partial charge in [-0.1, -0.05) is 24.3 Å². The molecule has 0 N–H and O–H groups in total. The van der Waals surface area contributed by atoms with Crippen LogP contribution in [-0.4, -0.2) is 19.3 Å². The molecule has 7 heteroatoms. The summed E-state index contributed by atoms with van der Waals surface area (Å²) in [4.78, 5) is 12.0. The molecule has 0 fully saturated rings. The van der Waals surface area contributed by atoms with Gasteiger partial charge in [-0.2, -0.15) is 0 Å². The maximum Gasteiger partial charge on any atom is 0.573 e. The van der Waals surface area contributed by atoms with Crippen molar-refractivity contribution in [2.24, 2.45) is 0 Å². The highest BCUT2D eigenvalue weighted by atomic mass is 19.4. The van der Waals surface area contributed by atoms with E-state index in [2.05, 4.69) is 4.74 Å². The second kappa shape index (κ2) is 7.80. The van der Waals surface area contributed by atoms with Gasteiger partial charge in [0, 0.05) is 5.39 Å². The molecule has 0 atom stereocenters. The van der Waals surface area contributed by atoms with Gasteiger partial charge in [0.1, 0.15) is 23.9 Å². The number of halogens is 3. The zero-order valence-electron chi connectivity index (χ0n) is 15.2. The number of alkyl halides is 3. The fraction of sp³-hybridized carbons (Fsp3) is 0.190. The van der Waals surface area contributed by atoms with Crippen molar-refractivity contribution in [1.29, 1.82) is 0 Å². The van der Waals surface area contributed by atoms with Crippen molar-refractivity contribution >= 4 is 16.6 Å². The summed E-state index contributed by atoms with van der Waals surface area (Å²) < 4.78 is 51.8. The molecule has 28 heavy (non-hydrogen) atoms. The Kier molecular flexibility index (Phi) is 5.44. The lowest BCUT2D eigenvalue weighted by molar-refractivity contribution is -0.274. The van der Waals surface area contributed by atoms with Gasteiger partial charge < -0.3 is 14.2 Å². The summed E-state index contributed by atoms with van der Waals surface area (Å²) in [6, 6.07) is 14.3. The van der Waals surface area contributed by atoms with Crippen LogP contribution in [0.5, 0.6) is 17.2 Å². The first-order valence-electron chi connectivity index (χ1n) is 8.36. The van der Waals surface area contributed by atoms with Gasteiger partial charge in [-0.05, 0) is 48.2 Å². The van der Waals surface area contributed by atoms with Gasteiger partial charge in [0.05, 0.1) is 12.7 Å². The fourth-order valence-electron chi connectivity index (χ4n) is 2.77. The van der Waals surface area contributed by atoms with Crippen molar-refractivity contribution in [2.45, 2.75) is 19.9 Å². The van der Waals surface area contributed by atoms with Gasteiger partial charge in [-0.3, -0.25) is 4.79 Å². The zero-order chi connectivity index (χ0) is 20.3. The molecular weight excluding hydrogens is 373 g/mol. The van der Waals surface area contributed by atoms with Crippen LogP contribution in [0, 0.1) is 0 Å². The smallest absolute Gasteiger partial charge is 0.497 e. The Morgan fingerprint density at radius 2 is 1.61 bits per heavy atom. The number of rotatable bonds is 6. The molecule has 0 aromatic heterocycles. The quantitative estimate of drug-likeness (QED) is 0.519. The molecular formula is C21H17F3O4. The number of hydrogen-bond acceptors (Lipinski definition) is 4. The van der Waals surface area contributed by atoms with Crippen molar-refractivity contribution in [3.05, 3.63) is 65.7 Å². The van der Waals surface area contributed by atoms with E-state index in [-0.39, 0.29) is 18.1 Å². The molecule has 0 unspecified atom stereocenters. The number of carbonyl (C=O) groups excluding carboxylic acids is 1. The number of Topliss-reactive ketones (excluding diaryl/α,β-unsaturated/α-hetero) is 1. The predicted molar refractivity (Wildman–Crippen MR) is 98.0 cm³/mol. The van der Waals surface area contributed by atoms with Crippen molar-refractivity contribution in [1.82, 2.24) is 0 Å². The molecule has 0 amide bonds. The van der Waals surface area contributed by atoms with Crippen LogP contribution in [0.25, 0.3) is 10.8 Å². The van der Waals surface area contributed by atoms with Crippen LogP contribution >= 0.6 is 0 Å². The first-order valence-corrected chi connectivity index (χ1v) is 8.36. The lowest BCUT2D eigenvalue weighted by atomic mass is 10.0. The van der Waals surface area contributed by atoms with E-state index >= 15 is 0 Å². The average Bonchev–Trinajstić information content (AvgIpc) is 2.65. The Bertz CT molecular complexity index is 995. The number of benzene rings is 3. The second-order valence-corrected chi connectivity index (χ2v) is 6.07. The molecule has 0 spiro atoms. The van der Waals surface area contributed by atoms with Crippen LogP contribution in [0.2, 0.25) is 0 Å². The molecule has 0 aliphatic rings. The van der Waals surface area contributed by atoms with Crippen molar-refractivity contribution in [2.75, 3.05) is 7.11 Å². The number of fused-ring (bicyclic) bond motifs is 1. The number of carbonyl (C=O) groups is 1. The van der Waals surface area contributed by atoms with Gasteiger partial charge in [0.2, 0.25) is 0 Å². The molecule has 3 rings (SSSR count). The Labute approximate surface area is 159 Å². The van der Waals surface area contributed by atoms with Crippen molar-refractivity contribution in [3.63, 3.8) is 0 Å². The molecule has 0 heterocycles. The first kappa shape index (κ1) is 19.5. The van der Waals surface area contributed by atoms with Gasteiger partial charge in [-0.15, -0.1) is 13.2 Å². The Hall–Kier alpha value is -3.22. The van der Waals surface area contributed by atoms with Gasteiger partial charge in [-0.25, -0.2) is 0 Å². The second-order valence-electron chi connectivity index (χ2n) is 6.07. The Balaban J connectivity index is 1.88. The Morgan fingerprint density at radius 3 is 2.21 bits per heavy atom. The van der Waals surface area contributed by atoms with Crippen LogP contribution in [-0.2, 0) is 6.61 Å². The van der Waals surface area contributed by atoms with Crippen LogP contribution in [0.4, 0.5) is 13.2 Å². The predicted octanol–water partition coefficient (Wildman–Crippen LogP) is 5.53. The molecule has 0 aliphatic carbocycles.